The van der Waals surface area contributed by atoms with E-state index >= 15 is 0 Å². The quantitative estimate of drug-likeness (QED) is 0.785. The molecule has 0 atom stereocenters. The Bertz CT molecular complexity index is 450. The number of benzene rings is 1. The lowest BCUT2D eigenvalue weighted by Gasteiger charge is -2.12. The van der Waals surface area contributed by atoms with Crippen molar-refractivity contribution in [1.29, 1.82) is 0 Å². The lowest BCUT2D eigenvalue weighted by Crippen LogP contribution is -2.10. The Balaban J connectivity index is 2.81. The summed E-state index contributed by atoms with van der Waals surface area (Å²) in [5.41, 5.74) is 1.73. The molecule has 1 rings (SSSR count). The van der Waals surface area contributed by atoms with E-state index in [-0.39, 0.29) is 5.92 Å². The minimum Gasteiger partial charge on any atom is -0.478 e. The van der Waals surface area contributed by atoms with Crippen LogP contribution in [0.3, 0.4) is 0 Å². The highest BCUT2D eigenvalue weighted by Crippen LogP contribution is 2.23. The molecule has 0 aromatic heterocycles. The third kappa shape index (κ3) is 4.10. The van der Waals surface area contributed by atoms with Crippen molar-refractivity contribution in [2.75, 3.05) is 5.32 Å². The van der Waals surface area contributed by atoms with Gasteiger partial charge in [-0.15, -0.1) is 0 Å². The second-order valence-corrected chi connectivity index (χ2v) is 3.90. The van der Waals surface area contributed by atoms with Gasteiger partial charge >= 0.3 is 5.97 Å². The van der Waals surface area contributed by atoms with E-state index in [1.54, 1.807) is 6.07 Å². The summed E-state index contributed by atoms with van der Waals surface area (Å²) in [7, 11) is 0. The summed E-state index contributed by atoms with van der Waals surface area (Å²) in [6.45, 7) is 4.05. The lowest BCUT2D eigenvalue weighted by atomic mass is 10.0. The molecule has 17 heavy (non-hydrogen) atoms. The fraction of sp³-hybridized carbons (Fsp3) is 0.231. The van der Waals surface area contributed by atoms with Crippen molar-refractivity contribution < 1.29 is 14.7 Å². The number of carboxylic acid groups (broad SMARTS) is 1. The molecule has 0 saturated heterocycles. The van der Waals surface area contributed by atoms with Crippen molar-refractivity contribution in [1.82, 2.24) is 0 Å². The number of hydrogen-bond donors (Lipinski definition) is 2. The van der Waals surface area contributed by atoms with Gasteiger partial charge in [0.15, 0.2) is 0 Å². The zero-order valence-electron chi connectivity index (χ0n) is 9.81. The van der Waals surface area contributed by atoms with Crippen LogP contribution in [0.4, 0.5) is 5.69 Å². The number of nitrogens with one attached hydrogen (secondary N) is 1. The standard InChI is InChI=1S/C13H15NO3/c1-9(2)10-5-3-4-6-11(10)14-12(15)7-8-13(16)17/h3-9H,1-2H3,(H,14,15)(H,16,17)/b8-7+. The summed E-state index contributed by atoms with van der Waals surface area (Å²) in [6.07, 6.45) is 1.81. The Morgan fingerprint density at radius 2 is 1.88 bits per heavy atom. The monoisotopic (exact) mass is 233 g/mol. The van der Waals surface area contributed by atoms with E-state index in [1.807, 2.05) is 32.0 Å². The molecule has 4 nitrogen and oxygen atoms in total. The summed E-state index contributed by atoms with van der Waals surface area (Å²) < 4.78 is 0. The van der Waals surface area contributed by atoms with Crippen LogP contribution in [0, 0.1) is 0 Å². The largest absolute Gasteiger partial charge is 0.478 e. The summed E-state index contributed by atoms with van der Waals surface area (Å²) >= 11 is 0. The van der Waals surface area contributed by atoms with Crippen LogP contribution in [0.5, 0.6) is 0 Å². The number of anilines is 1. The molecule has 0 radical (unpaired) electrons. The number of rotatable bonds is 4. The van der Waals surface area contributed by atoms with Gasteiger partial charge in [-0.05, 0) is 17.5 Å². The topological polar surface area (TPSA) is 66.4 Å². The van der Waals surface area contributed by atoms with Gasteiger partial charge < -0.3 is 10.4 Å². The van der Waals surface area contributed by atoms with Crippen LogP contribution in [0.25, 0.3) is 0 Å². The second kappa shape index (κ2) is 5.84. The summed E-state index contributed by atoms with van der Waals surface area (Å²) in [5, 5.41) is 11.1. The van der Waals surface area contributed by atoms with Crippen LogP contribution in [-0.2, 0) is 9.59 Å². The molecule has 2 N–H and O–H groups in total. The molecule has 4 heteroatoms. The van der Waals surface area contributed by atoms with Crippen LogP contribution in [0.2, 0.25) is 0 Å². The van der Waals surface area contributed by atoms with Crippen molar-refractivity contribution in [2.45, 2.75) is 19.8 Å². The van der Waals surface area contributed by atoms with Crippen molar-refractivity contribution in [3.05, 3.63) is 42.0 Å². The molecule has 0 saturated carbocycles. The van der Waals surface area contributed by atoms with E-state index in [4.69, 9.17) is 5.11 Å². The SMILES string of the molecule is CC(C)c1ccccc1NC(=O)/C=C/C(=O)O. The average Bonchev–Trinajstić information content (AvgIpc) is 2.27. The Morgan fingerprint density at radius 1 is 1.24 bits per heavy atom. The maximum absolute atomic E-state index is 11.4. The first-order chi connectivity index (χ1) is 8.00. The van der Waals surface area contributed by atoms with E-state index in [1.165, 1.54) is 0 Å². The minimum atomic E-state index is -1.14. The van der Waals surface area contributed by atoms with Crippen LogP contribution in [-0.4, -0.2) is 17.0 Å². The Kier molecular flexibility index (Phi) is 4.46. The third-order valence-electron chi connectivity index (χ3n) is 2.22. The molecular weight excluding hydrogens is 218 g/mol. The van der Waals surface area contributed by atoms with E-state index in [0.29, 0.717) is 5.69 Å². The number of carbonyl (C=O) groups is 2. The second-order valence-electron chi connectivity index (χ2n) is 3.90. The van der Waals surface area contributed by atoms with Gasteiger partial charge in [0.05, 0.1) is 0 Å². The average molecular weight is 233 g/mol. The molecule has 1 aromatic rings. The fourth-order valence-corrected chi connectivity index (χ4v) is 1.44. The maximum atomic E-state index is 11.4. The third-order valence-corrected chi connectivity index (χ3v) is 2.22. The number of aliphatic carboxylic acids is 1. The van der Waals surface area contributed by atoms with Crippen molar-refractivity contribution in [2.24, 2.45) is 0 Å². The van der Waals surface area contributed by atoms with Gasteiger partial charge in [-0.25, -0.2) is 4.79 Å². The van der Waals surface area contributed by atoms with Crippen LogP contribution in [0.15, 0.2) is 36.4 Å². The van der Waals surface area contributed by atoms with Gasteiger partial charge in [0, 0.05) is 17.8 Å². The summed E-state index contributed by atoms with van der Waals surface area (Å²) in [5.74, 6) is -1.30. The summed E-state index contributed by atoms with van der Waals surface area (Å²) in [6, 6.07) is 7.45. The van der Waals surface area contributed by atoms with Gasteiger partial charge in [0.25, 0.3) is 0 Å². The van der Waals surface area contributed by atoms with Gasteiger partial charge in [-0.3, -0.25) is 4.79 Å². The molecule has 1 aromatic carbocycles. The van der Waals surface area contributed by atoms with Gasteiger partial charge in [0.2, 0.25) is 5.91 Å². The molecule has 0 unspecified atom stereocenters. The first-order valence-corrected chi connectivity index (χ1v) is 5.31. The van der Waals surface area contributed by atoms with Crippen LogP contribution >= 0.6 is 0 Å². The minimum absolute atomic E-state index is 0.287. The highest BCUT2D eigenvalue weighted by Gasteiger charge is 2.07. The fourth-order valence-electron chi connectivity index (χ4n) is 1.44. The predicted molar refractivity (Wildman–Crippen MR) is 65.9 cm³/mol. The van der Waals surface area contributed by atoms with E-state index < -0.39 is 11.9 Å². The van der Waals surface area contributed by atoms with Crippen molar-refractivity contribution in [3.63, 3.8) is 0 Å². The maximum Gasteiger partial charge on any atom is 0.328 e. The number of amides is 1. The first kappa shape index (κ1) is 13.0. The molecular formula is C13H15NO3. The number of carbonyl (C=O) groups excluding carboxylic acids is 1. The van der Waals surface area contributed by atoms with Crippen LogP contribution < -0.4 is 5.32 Å². The van der Waals surface area contributed by atoms with E-state index in [0.717, 1.165) is 17.7 Å². The Hall–Kier alpha value is -2.10. The zero-order chi connectivity index (χ0) is 12.8. The van der Waals surface area contributed by atoms with E-state index in [9.17, 15) is 9.59 Å². The predicted octanol–water partition coefficient (Wildman–Crippen LogP) is 2.39. The molecule has 0 spiro atoms. The number of para-hydroxylation sites is 1. The molecule has 0 aliphatic heterocycles. The normalized spacial score (nSPS) is 10.8. The Labute approximate surface area is 100.0 Å². The van der Waals surface area contributed by atoms with E-state index in [2.05, 4.69) is 5.32 Å². The highest BCUT2D eigenvalue weighted by molar-refractivity contribution is 6.02. The Morgan fingerprint density at radius 3 is 2.47 bits per heavy atom. The van der Waals surface area contributed by atoms with Gasteiger partial charge in [0.1, 0.15) is 0 Å². The van der Waals surface area contributed by atoms with Gasteiger partial charge in [-0.1, -0.05) is 32.0 Å². The summed E-state index contributed by atoms with van der Waals surface area (Å²) in [4.78, 5) is 21.7. The smallest absolute Gasteiger partial charge is 0.328 e. The molecule has 0 aliphatic rings. The number of carboxylic acids is 1. The highest BCUT2D eigenvalue weighted by atomic mass is 16.4. The molecule has 0 heterocycles. The molecule has 0 bridgehead atoms. The molecule has 1 amide bonds. The molecule has 0 aliphatic carbocycles. The van der Waals surface area contributed by atoms with Crippen LogP contribution in [0.1, 0.15) is 25.3 Å². The van der Waals surface area contributed by atoms with Gasteiger partial charge in [-0.2, -0.15) is 0 Å². The molecule has 90 valence electrons. The van der Waals surface area contributed by atoms with Crippen molar-refractivity contribution in [3.8, 4) is 0 Å². The molecule has 0 fully saturated rings. The van der Waals surface area contributed by atoms with Crippen molar-refractivity contribution >= 4 is 17.6 Å². The number of hydrogen-bond acceptors (Lipinski definition) is 2. The first-order valence-electron chi connectivity index (χ1n) is 5.31. The lowest BCUT2D eigenvalue weighted by molar-refractivity contribution is -0.131. The zero-order valence-corrected chi connectivity index (χ0v) is 9.81.